The summed E-state index contributed by atoms with van der Waals surface area (Å²) in [6.07, 6.45) is 4.78. The predicted molar refractivity (Wildman–Crippen MR) is 102 cm³/mol. The van der Waals surface area contributed by atoms with Gasteiger partial charge < -0.3 is 25.0 Å². The van der Waals surface area contributed by atoms with Gasteiger partial charge in [-0.3, -0.25) is 4.79 Å². The highest BCUT2D eigenvalue weighted by molar-refractivity contribution is 5.89. The van der Waals surface area contributed by atoms with E-state index in [1.807, 2.05) is 17.0 Å². The van der Waals surface area contributed by atoms with E-state index in [4.69, 9.17) is 15.2 Å². The minimum Gasteiger partial charge on any atom is -0.493 e. The fourth-order valence-corrected chi connectivity index (χ4v) is 3.69. The van der Waals surface area contributed by atoms with E-state index in [-0.39, 0.29) is 5.91 Å². The molecule has 1 saturated heterocycles. The Morgan fingerprint density at radius 3 is 2.69 bits per heavy atom. The average Bonchev–Trinajstić information content (AvgIpc) is 3.43. The number of rotatable bonds is 7. The van der Waals surface area contributed by atoms with Crippen molar-refractivity contribution in [1.29, 1.82) is 0 Å². The first kappa shape index (κ1) is 19.0. The van der Waals surface area contributed by atoms with Crippen LogP contribution in [0.15, 0.2) is 18.2 Å². The van der Waals surface area contributed by atoms with Crippen molar-refractivity contribution in [1.82, 2.24) is 9.80 Å². The third-order valence-corrected chi connectivity index (χ3v) is 5.72. The number of hydrogen-bond acceptors (Lipinski definition) is 5. The van der Waals surface area contributed by atoms with Gasteiger partial charge in [-0.05, 0) is 56.8 Å². The molecule has 1 aromatic carbocycles. The summed E-state index contributed by atoms with van der Waals surface area (Å²) in [6, 6.07) is 6.47. The van der Waals surface area contributed by atoms with Crippen molar-refractivity contribution in [3.05, 3.63) is 23.8 Å². The molecule has 3 rings (SSSR count). The van der Waals surface area contributed by atoms with Crippen molar-refractivity contribution in [2.45, 2.75) is 43.7 Å². The first-order valence-corrected chi connectivity index (χ1v) is 9.46. The monoisotopic (exact) mass is 361 g/mol. The van der Waals surface area contributed by atoms with Gasteiger partial charge in [-0.1, -0.05) is 6.07 Å². The van der Waals surface area contributed by atoms with Crippen LogP contribution < -0.4 is 15.2 Å². The summed E-state index contributed by atoms with van der Waals surface area (Å²) < 4.78 is 10.7. The van der Waals surface area contributed by atoms with E-state index < -0.39 is 5.54 Å². The van der Waals surface area contributed by atoms with E-state index >= 15 is 0 Å². The van der Waals surface area contributed by atoms with Crippen molar-refractivity contribution in [3.63, 3.8) is 0 Å². The van der Waals surface area contributed by atoms with Crippen LogP contribution in [0.1, 0.15) is 31.2 Å². The zero-order valence-corrected chi connectivity index (χ0v) is 16.2. The molecule has 6 nitrogen and oxygen atoms in total. The zero-order chi connectivity index (χ0) is 18.7. The molecule has 0 unspecified atom stereocenters. The van der Waals surface area contributed by atoms with Gasteiger partial charge in [-0.25, -0.2) is 0 Å². The first-order chi connectivity index (χ1) is 12.5. The number of amides is 1. The first-order valence-electron chi connectivity index (χ1n) is 9.46. The summed E-state index contributed by atoms with van der Waals surface area (Å²) >= 11 is 0. The molecule has 1 aromatic rings. The average molecular weight is 361 g/mol. The van der Waals surface area contributed by atoms with Crippen LogP contribution in [0.25, 0.3) is 0 Å². The van der Waals surface area contributed by atoms with Gasteiger partial charge in [0.15, 0.2) is 11.5 Å². The molecule has 0 bridgehead atoms. The Bertz CT molecular complexity index is 645. The Labute approximate surface area is 156 Å². The molecule has 26 heavy (non-hydrogen) atoms. The Balaban J connectivity index is 1.54. The number of ether oxygens (including phenoxy) is 2. The minimum absolute atomic E-state index is 0.149. The van der Waals surface area contributed by atoms with Crippen molar-refractivity contribution >= 4 is 5.91 Å². The highest BCUT2D eigenvalue weighted by Crippen LogP contribution is 2.35. The quantitative estimate of drug-likeness (QED) is 0.800. The summed E-state index contributed by atoms with van der Waals surface area (Å²) in [5.41, 5.74) is 6.77. The molecule has 2 N–H and O–H groups in total. The second-order valence-electron chi connectivity index (χ2n) is 7.62. The smallest absolute Gasteiger partial charge is 0.242 e. The van der Waals surface area contributed by atoms with Crippen LogP contribution in [0.2, 0.25) is 0 Å². The fraction of sp³-hybridized carbons (Fsp3) is 0.650. The molecular weight excluding hydrogens is 330 g/mol. The van der Waals surface area contributed by atoms with E-state index in [0.29, 0.717) is 6.04 Å². The molecule has 1 heterocycles. The van der Waals surface area contributed by atoms with Gasteiger partial charge in [-0.15, -0.1) is 0 Å². The Hall–Kier alpha value is -1.79. The number of likely N-dealkylation sites (tertiary alicyclic amines) is 1. The summed E-state index contributed by atoms with van der Waals surface area (Å²) in [5.74, 6) is 1.66. The molecule has 0 aromatic heterocycles. The highest BCUT2D eigenvalue weighted by Gasteiger charge is 2.48. The predicted octanol–water partition coefficient (Wildman–Crippen LogP) is 1.66. The SMILES string of the molecule is COc1ccc(CCN(C)[C@H]2CCCN(C(=O)C3(N)CC3)C2)cc1OC. The molecule has 2 aliphatic rings. The van der Waals surface area contributed by atoms with Crippen LogP contribution in [0.5, 0.6) is 11.5 Å². The third kappa shape index (κ3) is 4.13. The fourth-order valence-electron chi connectivity index (χ4n) is 3.69. The van der Waals surface area contributed by atoms with E-state index in [0.717, 1.165) is 63.2 Å². The number of methoxy groups -OCH3 is 2. The van der Waals surface area contributed by atoms with E-state index in [1.54, 1.807) is 14.2 Å². The maximum Gasteiger partial charge on any atom is 0.242 e. The van der Waals surface area contributed by atoms with Crippen LogP contribution >= 0.6 is 0 Å². The molecule has 1 saturated carbocycles. The Kier molecular flexibility index (Phi) is 5.73. The lowest BCUT2D eigenvalue weighted by Crippen LogP contribution is -2.54. The maximum absolute atomic E-state index is 12.5. The molecule has 1 aliphatic carbocycles. The summed E-state index contributed by atoms with van der Waals surface area (Å²) in [5, 5.41) is 0. The van der Waals surface area contributed by atoms with Gasteiger partial charge in [0.1, 0.15) is 0 Å². The van der Waals surface area contributed by atoms with Gasteiger partial charge >= 0.3 is 0 Å². The topological polar surface area (TPSA) is 68.0 Å². The van der Waals surface area contributed by atoms with Gasteiger partial charge in [0.05, 0.1) is 19.8 Å². The lowest BCUT2D eigenvalue weighted by molar-refractivity contribution is -0.135. The summed E-state index contributed by atoms with van der Waals surface area (Å²) in [6.45, 7) is 2.58. The molecule has 6 heteroatoms. The molecule has 1 atom stereocenters. The number of hydrogen-bond donors (Lipinski definition) is 1. The van der Waals surface area contributed by atoms with Crippen LogP contribution in [-0.2, 0) is 11.2 Å². The Morgan fingerprint density at radius 2 is 2.04 bits per heavy atom. The standard InChI is InChI=1S/C20H31N3O3/c1-22(12-8-15-6-7-17(25-2)18(13-15)26-3)16-5-4-11-23(14-16)19(24)20(21)9-10-20/h6-7,13,16H,4-5,8-12,14,21H2,1-3H3/t16-/m0/s1. The van der Waals surface area contributed by atoms with E-state index in [1.165, 1.54) is 5.56 Å². The van der Waals surface area contributed by atoms with Crippen LogP contribution in [0, 0.1) is 0 Å². The van der Waals surface area contributed by atoms with Crippen molar-refractivity contribution in [3.8, 4) is 11.5 Å². The number of benzene rings is 1. The highest BCUT2D eigenvalue weighted by atomic mass is 16.5. The minimum atomic E-state index is -0.555. The number of nitrogens with zero attached hydrogens (tertiary/aromatic N) is 2. The number of carbonyl (C=O) groups is 1. The molecule has 0 spiro atoms. The number of nitrogens with two attached hydrogens (primary N) is 1. The van der Waals surface area contributed by atoms with Crippen LogP contribution in [-0.4, -0.2) is 68.2 Å². The van der Waals surface area contributed by atoms with Crippen molar-refractivity contribution in [2.24, 2.45) is 5.73 Å². The second kappa shape index (κ2) is 7.84. The molecule has 0 radical (unpaired) electrons. The van der Waals surface area contributed by atoms with Crippen LogP contribution in [0.4, 0.5) is 0 Å². The van der Waals surface area contributed by atoms with Crippen molar-refractivity contribution < 1.29 is 14.3 Å². The normalized spacial score (nSPS) is 21.6. The summed E-state index contributed by atoms with van der Waals surface area (Å²) in [4.78, 5) is 16.9. The largest absolute Gasteiger partial charge is 0.493 e. The lowest BCUT2D eigenvalue weighted by Gasteiger charge is -2.38. The van der Waals surface area contributed by atoms with Gasteiger partial charge in [0.2, 0.25) is 5.91 Å². The number of likely N-dealkylation sites (N-methyl/N-ethyl adjacent to an activating group) is 1. The van der Waals surface area contributed by atoms with Gasteiger partial charge in [-0.2, -0.15) is 0 Å². The maximum atomic E-state index is 12.5. The summed E-state index contributed by atoms with van der Waals surface area (Å²) in [7, 11) is 5.45. The molecule has 1 aliphatic heterocycles. The van der Waals surface area contributed by atoms with Gasteiger partial charge in [0, 0.05) is 25.7 Å². The number of piperidine rings is 1. The molecule has 2 fully saturated rings. The molecular formula is C20H31N3O3. The second-order valence-corrected chi connectivity index (χ2v) is 7.62. The molecule has 144 valence electrons. The van der Waals surface area contributed by atoms with Crippen LogP contribution in [0.3, 0.4) is 0 Å². The third-order valence-electron chi connectivity index (χ3n) is 5.72. The van der Waals surface area contributed by atoms with Crippen molar-refractivity contribution in [2.75, 3.05) is 40.9 Å². The van der Waals surface area contributed by atoms with E-state index in [2.05, 4.69) is 18.0 Å². The lowest BCUT2D eigenvalue weighted by atomic mass is 10.0. The number of carbonyl (C=O) groups excluding carboxylic acids is 1. The van der Waals surface area contributed by atoms with Gasteiger partial charge in [0.25, 0.3) is 0 Å². The zero-order valence-electron chi connectivity index (χ0n) is 16.2. The Morgan fingerprint density at radius 1 is 1.31 bits per heavy atom. The van der Waals surface area contributed by atoms with E-state index in [9.17, 15) is 4.79 Å². The molecule has 1 amide bonds.